The number of hydrogen-bond acceptors (Lipinski definition) is 4. The molecular formula is C10H23N3O2. The fraction of sp³-hybridized carbons (Fsp3) is 0.900. The van der Waals surface area contributed by atoms with Crippen molar-refractivity contribution in [1.29, 1.82) is 0 Å². The largest absolute Gasteiger partial charge is 0.383 e. The third kappa shape index (κ3) is 5.71. The molecule has 90 valence electrons. The molecule has 0 aliphatic heterocycles. The number of hydrazine groups is 1. The van der Waals surface area contributed by atoms with Gasteiger partial charge in [0.2, 0.25) is 5.91 Å². The summed E-state index contributed by atoms with van der Waals surface area (Å²) in [4.78, 5) is 13.3. The van der Waals surface area contributed by atoms with Crippen LogP contribution in [0.25, 0.3) is 0 Å². The lowest BCUT2D eigenvalue weighted by molar-refractivity contribution is -0.123. The summed E-state index contributed by atoms with van der Waals surface area (Å²) in [5.74, 6) is 4.92. The summed E-state index contributed by atoms with van der Waals surface area (Å²) in [5.41, 5.74) is 2.15. The lowest BCUT2D eigenvalue weighted by Crippen LogP contribution is -2.45. The monoisotopic (exact) mass is 217 g/mol. The quantitative estimate of drug-likeness (QED) is 0.344. The standard InChI is InChI=1S/C10H23N3O2/c1-4-9(5-2)13(6-7-15-3)8-10(14)12-11/h9H,4-8,11H2,1-3H3,(H,12,14). The third-order valence-electron chi connectivity index (χ3n) is 2.55. The Hall–Kier alpha value is -0.650. The molecule has 0 aromatic rings. The number of nitrogens with two attached hydrogens (primary N) is 1. The van der Waals surface area contributed by atoms with Crippen molar-refractivity contribution in [1.82, 2.24) is 10.3 Å². The lowest BCUT2D eigenvalue weighted by atomic mass is 10.1. The van der Waals surface area contributed by atoms with Crippen LogP contribution < -0.4 is 11.3 Å². The van der Waals surface area contributed by atoms with Gasteiger partial charge in [-0.2, -0.15) is 0 Å². The van der Waals surface area contributed by atoms with Gasteiger partial charge in [-0.3, -0.25) is 15.1 Å². The molecule has 0 aromatic carbocycles. The minimum atomic E-state index is -0.155. The van der Waals surface area contributed by atoms with Crippen molar-refractivity contribution >= 4 is 5.91 Å². The maximum atomic E-state index is 11.2. The van der Waals surface area contributed by atoms with Crippen molar-refractivity contribution in [3.05, 3.63) is 0 Å². The van der Waals surface area contributed by atoms with E-state index >= 15 is 0 Å². The van der Waals surface area contributed by atoms with E-state index in [4.69, 9.17) is 10.6 Å². The van der Waals surface area contributed by atoms with Gasteiger partial charge in [-0.05, 0) is 12.8 Å². The summed E-state index contributed by atoms with van der Waals surface area (Å²) in [7, 11) is 1.66. The van der Waals surface area contributed by atoms with Crippen molar-refractivity contribution in [2.45, 2.75) is 32.7 Å². The lowest BCUT2D eigenvalue weighted by Gasteiger charge is -2.29. The molecule has 0 aliphatic carbocycles. The number of nitrogens with zero attached hydrogens (tertiary/aromatic N) is 1. The molecule has 0 spiro atoms. The van der Waals surface area contributed by atoms with Gasteiger partial charge < -0.3 is 4.74 Å². The first kappa shape index (κ1) is 14.3. The summed E-state index contributed by atoms with van der Waals surface area (Å²) in [6.45, 7) is 5.97. The first-order valence-electron chi connectivity index (χ1n) is 5.41. The normalized spacial score (nSPS) is 11.1. The van der Waals surface area contributed by atoms with Crippen LogP contribution in [0.15, 0.2) is 0 Å². The highest BCUT2D eigenvalue weighted by Crippen LogP contribution is 2.07. The molecule has 0 unspecified atom stereocenters. The second-order valence-corrected chi connectivity index (χ2v) is 3.50. The molecule has 0 heterocycles. The molecule has 3 N–H and O–H groups in total. The van der Waals surface area contributed by atoms with Crippen LogP contribution in [0.4, 0.5) is 0 Å². The Morgan fingerprint density at radius 1 is 1.47 bits per heavy atom. The number of amides is 1. The Morgan fingerprint density at radius 3 is 2.47 bits per heavy atom. The minimum Gasteiger partial charge on any atom is -0.383 e. The summed E-state index contributed by atoms with van der Waals surface area (Å²) >= 11 is 0. The zero-order valence-electron chi connectivity index (χ0n) is 9.95. The molecule has 0 saturated heterocycles. The molecule has 0 saturated carbocycles. The first-order valence-corrected chi connectivity index (χ1v) is 5.41. The molecule has 15 heavy (non-hydrogen) atoms. The van der Waals surface area contributed by atoms with E-state index in [-0.39, 0.29) is 5.91 Å². The van der Waals surface area contributed by atoms with Crippen molar-refractivity contribution < 1.29 is 9.53 Å². The fourth-order valence-corrected chi connectivity index (χ4v) is 1.63. The average Bonchev–Trinajstić information content (AvgIpc) is 2.26. The fourth-order valence-electron chi connectivity index (χ4n) is 1.63. The highest BCUT2D eigenvalue weighted by molar-refractivity contribution is 5.77. The maximum Gasteiger partial charge on any atom is 0.248 e. The van der Waals surface area contributed by atoms with Crippen LogP contribution in [0.2, 0.25) is 0 Å². The second kappa shape index (κ2) is 8.64. The van der Waals surface area contributed by atoms with E-state index in [0.29, 0.717) is 19.2 Å². The predicted molar refractivity (Wildman–Crippen MR) is 60.1 cm³/mol. The molecule has 0 fully saturated rings. The van der Waals surface area contributed by atoms with Gasteiger partial charge in [0, 0.05) is 19.7 Å². The Kier molecular flexibility index (Phi) is 8.27. The number of rotatable bonds is 8. The van der Waals surface area contributed by atoms with Crippen LogP contribution in [0, 0.1) is 0 Å². The average molecular weight is 217 g/mol. The number of hydrogen-bond donors (Lipinski definition) is 2. The third-order valence-corrected chi connectivity index (χ3v) is 2.55. The van der Waals surface area contributed by atoms with Crippen LogP contribution in [0.3, 0.4) is 0 Å². The van der Waals surface area contributed by atoms with E-state index in [9.17, 15) is 4.79 Å². The summed E-state index contributed by atoms with van der Waals surface area (Å²) in [5, 5.41) is 0. The number of nitrogens with one attached hydrogen (secondary N) is 1. The number of methoxy groups -OCH3 is 1. The first-order chi connectivity index (χ1) is 7.19. The number of carbonyl (C=O) groups is 1. The molecule has 0 radical (unpaired) electrons. The van der Waals surface area contributed by atoms with Crippen molar-refractivity contribution in [2.75, 3.05) is 26.8 Å². The van der Waals surface area contributed by atoms with Gasteiger partial charge in [-0.25, -0.2) is 5.84 Å². The van der Waals surface area contributed by atoms with E-state index in [0.717, 1.165) is 19.4 Å². The second-order valence-electron chi connectivity index (χ2n) is 3.50. The van der Waals surface area contributed by atoms with Gasteiger partial charge in [0.25, 0.3) is 0 Å². The van der Waals surface area contributed by atoms with Crippen molar-refractivity contribution in [3.63, 3.8) is 0 Å². The topological polar surface area (TPSA) is 67.6 Å². The molecule has 0 aromatic heterocycles. The molecule has 0 atom stereocenters. The summed E-state index contributed by atoms with van der Waals surface area (Å²) in [6.07, 6.45) is 2.05. The summed E-state index contributed by atoms with van der Waals surface area (Å²) < 4.78 is 5.02. The van der Waals surface area contributed by atoms with E-state index in [1.807, 2.05) is 0 Å². The van der Waals surface area contributed by atoms with E-state index < -0.39 is 0 Å². The maximum absolute atomic E-state index is 11.2. The smallest absolute Gasteiger partial charge is 0.248 e. The van der Waals surface area contributed by atoms with Crippen LogP contribution in [-0.2, 0) is 9.53 Å². The van der Waals surface area contributed by atoms with Gasteiger partial charge in [-0.15, -0.1) is 0 Å². The number of ether oxygens (including phenoxy) is 1. The van der Waals surface area contributed by atoms with Crippen LogP contribution in [0.1, 0.15) is 26.7 Å². The molecule has 0 aliphatic rings. The van der Waals surface area contributed by atoms with E-state index in [2.05, 4.69) is 24.2 Å². The van der Waals surface area contributed by atoms with Crippen molar-refractivity contribution in [2.24, 2.45) is 5.84 Å². The molecule has 1 amide bonds. The minimum absolute atomic E-state index is 0.155. The van der Waals surface area contributed by atoms with Crippen LogP contribution in [0.5, 0.6) is 0 Å². The van der Waals surface area contributed by atoms with Gasteiger partial charge in [0.15, 0.2) is 0 Å². The zero-order valence-corrected chi connectivity index (χ0v) is 9.95. The van der Waals surface area contributed by atoms with Gasteiger partial charge in [-0.1, -0.05) is 13.8 Å². The summed E-state index contributed by atoms with van der Waals surface area (Å²) in [6, 6.07) is 0.414. The van der Waals surface area contributed by atoms with Crippen molar-refractivity contribution in [3.8, 4) is 0 Å². The van der Waals surface area contributed by atoms with E-state index in [1.54, 1.807) is 7.11 Å². The predicted octanol–water partition coefficient (Wildman–Crippen LogP) is 0.113. The Morgan fingerprint density at radius 2 is 2.07 bits per heavy atom. The van der Waals surface area contributed by atoms with Gasteiger partial charge in [0.1, 0.15) is 0 Å². The Balaban J connectivity index is 4.20. The Bertz CT molecular complexity index is 172. The van der Waals surface area contributed by atoms with Gasteiger partial charge in [0.05, 0.1) is 13.2 Å². The van der Waals surface area contributed by atoms with Gasteiger partial charge >= 0.3 is 0 Å². The SMILES string of the molecule is CCC(CC)N(CCOC)CC(=O)NN. The molecular weight excluding hydrogens is 194 g/mol. The molecule has 5 nitrogen and oxygen atoms in total. The van der Waals surface area contributed by atoms with Crippen LogP contribution >= 0.6 is 0 Å². The highest BCUT2D eigenvalue weighted by atomic mass is 16.5. The molecule has 5 heteroatoms. The zero-order chi connectivity index (χ0) is 11.7. The Labute approximate surface area is 91.9 Å². The highest BCUT2D eigenvalue weighted by Gasteiger charge is 2.17. The molecule has 0 rings (SSSR count). The number of carbonyl (C=O) groups excluding carboxylic acids is 1. The van der Waals surface area contributed by atoms with E-state index in [1.165, 1.54) is 0 Å². The molecule has 0 bridgehead atoms. The van der Waals surface area contributed by atoms with Crippen LogP contribution in [-0.4, -0.2) is 43.7 Å².